The molecule has 2 aromatic carbocycles. The first-order chi connectivity index (χ1) is 30.3. The SMILES string of the molecule is [C-]#[N+]c1cnc(C#CCOc2ccc3c(c2)CN(C2CCC(=O)NC2=O)C3=O)cc1N1CCC(OC2CC(Oc3ccc(-c4ccc5c6cnccc6n(C)c5c4)cn3)C2)CC1. The van der Waals surface area contributed by atoms with Crippen molar-refractivity contribution in [3.05, 3.63) is 114 Å². The zero-order chi connectivity index (χ0) is 42.3. The van der Waals surface area contributed by atoms with Crippen molar-refractivity contribution in [2.75, 3.05) is 24.6 Å². The molecule has 3 amide bonds. The molecular weight excluding hydrogens is 785 g/mol. The Morgan fingerprint density at radius 3 is 2.53 bits per heavy atom. The number of hydrogen-bond donors (Lipinski definition) is 1. The van der Waals surface area contributed by atoms with E-state index in [4.69, 9.17) is 20.8 Å². The number of aromatic nitrogens is 4. The number of hydrogen-bond acceptors (Lipinski definition) is 10. The molecule has 0 radical (unpaired) electrons. The molecule has 0 spiro atoms. The predicted octanol–water partition coefficient (Wildman–Crippen LogP) is 6.52. The van der Waals surface area contributed by atoms with Crippen LogP contribution >= 0.6 is 0 Å². The summed E-state index contributed by atoms with van der Waals surface area (Å²) in [6, 6.07) is 18.9. The van der Waals surface area contributed by atoms with Gasteiger partial charge in [0.1, 0.15) is 30.2 Å². The van der Waals surface area contributed by atoms with Crippen molar-refractivity contribution in [2.45, 2.75) is 69.4 Å². The molecule has 1 unspecified atom stereocenters. The van der Waals surface area contributed by atoms with Crippen LogP contribution in [0, 0.1) is 18.4 Å². The number of carbonyl (C=O) groups excluding carboxylic acids is 3. The topological polar surface area (TPSA) is 145 Å². The minimum absolute atomic E-state index is 0.0686. The molecule has 14 heteroatoms. The number of rotatable bonds is 9. The van der Waals surface area contributed by atoms with Crippen molar-refractivity contribution in [3.8, 4) is 34.6 Å². The highest BCUT2D eigenvalue weighted by molar-refractivity contribution is 6.08. The molecule has 310 valence electrons. The number of aryl methyl sites for hydroxylation is 1. The first-order valence-electron chi connectivity index (χ1n) is 20.9. The van der Waals surface area contributed by atoms with Crippen LogP contribution in [0.3, 0.4) is 0 Å². The molecule has 10 rings (SSSR count). The van der Waals surface area contributed by atoms with Gasteiger partial charge in [-0.1, -0.05) is 18.1 Å². The van der Waals surface area contributed by atoms with Crippen LogP contribution in [0.1, 0.15) is 60.1 Å². The number of amides is 3. The fraction of sp³-hybridized carbons (Fsp3) is 0.312. The summed E-state index contributed by atoms with van der Waals surface area (Å²) in [6.45, 7) is 9.62. The first kappa shape index (κ1) is 38.9. The first-order valence-corrected chi connectivity index (χ1v) is 20.9. The van der Waals surface area contributed by atoms with Crippen LogP contribution in [0.25, 0.3) is 37.8 Å². The molecule has 6 aromatic rings. The van der Waals surface area contributed by atoms with Crippen molar-refractivity contribution >= 4 is 50.9 Å². The number of benzene rings is 2. The molecule has 62 heavy (non-hydrogen) atoms. The minimum atomic E-state index is -0.672. The number of nitrogens with zero attached hydrogens (tertiary/aromatic N) is 7. The van der Waals surface area contributed by atoms with Crippen LogP contribution < -0.4 is 19.7 Å². The third kappa shape index (κ3) is 7.54. The van der Waals surface area contributed by atoms with Crippen molar-refractivity contribution in [1.29, 1.82) is 0 Å². The summed E-state index contributed by atoms with van der Waals surface area (Å²) in [5, 5.41) is 4.65. The number of ether oxygens (including phenoxy) is 3. The molecule has 7 heterocycles. The second kappa shape index (κ2) is 16.3. The maximum Gasteiger partial charge on any atom is 0.255 e. The predicted molar refractivity (Wildman–Crippen MR) is 231 cm³/mol. The van der Waals surface area contributed by atoms with Crippen LogP contribution in [-0.4, -0.2) is 86.2 Å². The molecular formula is C48H42N8O6. The van der Waals surface area contributed by atoms with Gasteiger partial charge in [-0.15, -0.1) is 0 Å². The van der Waals surface area contributed by atoms with Gasteiger partial charge in [0.15, 0.2) is 0 Å². The Balaban J connectivity index is 0.682. The third-order valence-electron chi connectivity index (χ3n) is 12.4. The van der Waals surface area contributed by atoms with E-state index in [1.54, 1.807) is 24.4 Å². The van der Waals surface area contributed by atoms with Gasteiger partial charge >= 0.3 is 0 Å². The molecule has 1 N–H and O–H groups in total. The standard InChI is InChI=1S/C48H42N8O6/c1-49-40-27-51-32(4-3-19-60-34-7-9-37-31(20-34)28-56(48(37)59)42-10-11-45(57)53-47(42)58)22-44(40)55-17-14-33(15-18-55)61-35-23-36(24-35)62-46-12-6-30(25-52-46)29-5-8-38-39-26-50-16-13-41(39)54(2)43(38)21-29/h5-9,12-13,16,20-22,25-27,33,35-36,42H,10-11,14-15,17-19,23-24,28H2,2H3,(H,53,57,58). The molecule has 2 saturated heterocycles. The van der Waals surface area contributed by atoms with Crippen LogP contribution in [0.5, 0.6) is 11.6 Å². The van der Waals surface area contributed by atoms with Gasteiger partial charge in [-0.25, -0.2) is 9.83 Å². The summed E-state index contributed by atoms with van der Waals surface area (Å²) in [5.74, 6) is 6.25. The Morgan fingerprint density at radius 1 is 0.871 bits per heavy atom. The molecule has 0 bridgehead atoms. The van der Waals surface area contributed by atoms with Gasteiger partial charge in [-0.2, -0.15) is 0 Å². The second-order valence-corrected chi connectivity index (χ2v) is 16.2. The Hall–Kier alpha value is -7.29. The van der Waals surface area contributed by atoms with Gasteiger partial charge < -0.3 is 28.6 Å². The summed E-state index contributed by atoms with van der Waals surface area (Å²) in [7, 11) is 2.08. The maximum atomic E-state index is 13.0. The second-order valence-electron chi connectivity index (χ2n) is 16.2. The van der Waals surface area contributed by atoms with Crippen LogP contribution in [0.15, 0.2) is 85.5 Å². The highest BCUT2D eigenvalue weighted by Gasteiger charge is 2.39. The van der Waals surface area contributed by atoms with E-state index in [1.165, 1.54) is 10.3 Å². The lowest BCUT2D eigenvalue weighted by Gasteiger charge is -2.40. The van der Waals surface area contributed by atoms with E-state index >= 15 is 0 Å². The number of imide groups is 1. The minimum Gasteiger partial charge on any atom is -0.481 e. The molecule has 3 aliphatic heterocycles. The number of nitrogens with one attached hydrogen (secondary N) is 1. The number of carbonyl (C=O) groups is 3. The van der Waals surface area contributed by atoms with Gasteiger partial charge in [0, 0.05) is 110 Å². The molecule has 1 atom stereocenters. The number of piperidine rings is 2. The molecule has 1 aliphatic carbocycles. The van der Waals surface area contributed by atoms with Crippen LogP contribution in [-0.2, 0) is 27.9 Å². The normalized spacial score (nSPS) is 20.0. The smallest absolute Gasteiger partial charge is 0.255 e. The lowest BCUT2D eigenvalue weighted by atomic mass is 9.91. The highest BCUT2D eigenvalue weighted by Crippen LogP contribution is 2.36. The van der Waals surface area contributed by atoms with E-state index in [0.717, 1.165) is 77.6 Å². The Bertz CT molecular complexity index is 2860. The number of anilines is 1. The van der Waals surface area contributed by atoms with Crippen molar-refractivity contribution in [2.24, 2.45) is 7.05 Å². The third-order valence-corrected chi connectivity index (χ3v) is 12.4. The molecule has 1 saturated carbocycles. The van der Waals surface area contributed by atoms with Gasteiger partial charge in [-0.05, 0) is 78.8 Å². The molecule has 4 aromatic heterocycles. The van der Waals surface area contributed by atoms with Gasteiger partial charge in [0.05, 0.1) is 24.3 Å². The van der Waals surface area contributed by atoms with Gasteiger partial charge in [0.25, 0.3) is 5.91 Å². The maximum absolute atomic E-state index is 13.0. The fourth-order valence-corrected chi connectivity index (χ4v) is 8.99. The Morgan fingerprint density at radius 2 is 1.73 bits per heavy atom. The van der Waals surface area contributed by atoms with E-state index in [9.17, 15) is 14.4 Å². The lowest BCUT2D eigenvalue weighted by Crippen LogP contribution is -2.52. The summed E-state index contributed by atoms with van der Waals surface area (Å²) in [6.07, 6.45) is 11.4. The largest absolute Gasteiger partial charge is 0.481 e. The van der Waals surface area contributed by atoms with Gasteiger partial charge in [0.2, 0.25) is 23.4 Å². The average molecular weight is 827 g/mol. The molecule has 4 aliphatic rings. The van der Waals surface area contributed by atoms with E-state index in [2.05, 4.69) is 77.7 Å². The number of pyridine rings is 3. The summed E-state index contributed by atoms with van der Waals surface area (Å²) in [4.78, 5) is 57.8. The van der Waals surface area contributed by atoms with Crippen molar-refractivity contribution in [1.82, 2.24) is 29.7 Å². The summed E-state index contributed by atoms with van der Waals surface area (Å²) in [5.41, 5.74) is 7.55. The fourth-order valence-electron chi connectivity index (χ4n) is 8.99. The molecule has 3 fully saturated rings. The zero-order valence-corrected chi connectivity index (χ0v) is 34.0. The summed E-state index contributed by atoms with van der Waals surface area (Å²) >= 11 is 0. The Labute approximate surface area is 357 Å². The quantitative estimate of drug-likeness (QED) is 0.0972. The average Bonchev–Trinajstić information content (AvgIpc) is 3.76. The molecule has 14 nitrogen and oxygen atoms in total. The monoisotopic (exact) mass is 826 g/mol. The lowest BCUT2D eigenvalue weighted by molar-refractivity contribution is -0.136. The van der Waals surface area contributed by atoms with Gasteiger partial charge in [-0.3, -0.25) is 29.7 Å². The van der Waals surface area contributed by atoms with E-state index < -0.39 is 11.9 Å². The zero-order valence-electron chi connectivity index (χ0n) is 34.0. The Kier molecular flexibility index (Phi) is 10.2. The van der Waals surface area contributed by atoms with Crippen LogP contribution in [0.4, 0.5) is 11.4 Å². The number of fused-ring (bicyclic) bond motifs is 4. The van der Waals surface area contributed by atoms with Crippen molar-refractivity contribution in [3.63, 3.8) is 0 Å². The van der Waals surface area contributed by atoms with E-state index in [-0.39, 0.29) is 49.7 Å². The summed E-state index contributed by atoms with van der Waals surface area (Å²) < 4.78 is 20.8. The highest BCUT2D eigenvalue weighted by atomic mass is 16.5. The van der Waals surface area contributed by atoms with Crippen LogP contribution in [0.2, 0.25) is 0 Å². The van der Waals surface area contributed by atoms with E-state index in [1.807, 2.05) is 36.8 Å². The van der Waals surface area contributed by atoms with Crippen molar-refractivity contribution < 1.29 is 28.6 Å². The van der Waals surface area contributed by atoms with E-state index in [0.29, 0.717) is 35.0 Å².